The van der Waals surface area contributed by atoms with E-state index < -0.39 is 0 Å². The third-order valence-corrected chi connectivity index (χ3v) is 4.02. The van der Waals surface area contributed by atoms with Gasteiger partial charge in [0, 0.05) is 12.6 Å². The molecule has 0 atom stereocenters. The van der Waals surface area contributed by atoms with Gasteiger partial charge in [0.05, 0.1) is 13.2 Å². The van der Waals surface area contributed by atoms with Gasteiger partial charge in [-0.15, -0.1) is 0 Å². The second-order valence-corrected chi connectivity index (χ2v) is 5.39. The lowest BCUT2D eigenvalue weighted by atomic mass is 9.93. The summed E-state index contributed by atoms with van der Waals surface area (Å²) in [7, 11) is 1.72. The Morgan fingerprint density at radius 2 is 2.00 bits per heavy atom. The molecule has 0 aromatic heterocycles. The maximum Gasteiger partial charge on any atom is 0.122 e. The van der Waals surface area contributed by atoms with Crippen LogP contribution in [0.25, 0.3) is 0 Å². The van der Waals surface area contributed by atoms with Crippen LogP contribution in [0.4, 0.5) is 0 Å². The predicted octanol–water partition coefficient (Wildman–Crippen LogP) is 2.65. The van der Waals surface area contributed by atoms with E-state index in [1.165, 1.54) is 11.1 Å². The topological polar surface area (TPSA) is 41.5 Å². The van der Waals surface area contributed by atoms with Crippen molar-refractivity contribution >= 4 is 0 Å². The van der Waals surface area contributed by atoms with Gasteiger partial charge < -0.3 is 15.2 Å². The van der Waals surface area contributed by atoms with Crippen molar-refractivity contribution in [3.63, 3.8) is 0 Å². The number of aryl methyl sites for hydroxylation is 1. The lowest BCUT2D eigenvalue weighted by Gasteiger charge is -2.26. The number of aliphatic hydroxyl groups excluding tert-OH is 1. The lowest BCUT2D eigenvalue weighted by molar-refractivity contribution is 0.116. The fourth-order valence-electron chi connectivity index (χ4n) is 2.76. The van der Waals surface area contributed by atoms with Crippen LogP contribution in [0, 0.1) is 0 Å². The second kappa shape index (κ2) is 6.92. The highest BCUT2D eigenvalue weighted by Gasteiger charge is 2.18. The molecule has 1 aliphatic carbocycles. The smallest absolute Gasteiger partial charge is 0.122 e. The van der Waals surface area contributed by atoms with E-state index >= 15 is 0 Å². The van der Waals surface area contributed by atoms with Gasteiger partial charge in [-0.3, -0.25) is 0 Å². The van der Waals surface area contributed by atoms with Crippen molar-refractivity contribution in [1.82, 2.24) is 5.32 Å². The molecule has 0 amide bonds. The van der Waals surface area contributed by atoms with Gasteiger partial charge in [-0.05, 0) is 49.3 Å². The van der Waals surface area contributed by atoms with E-state index in [2.05, 4.69) is 30.4 Å². The predicted molar refractivity (Wildman–Crippen MR) is 77.5 cm³/mol. The number of benzene rings is 1. The summed E-state index contributed by atoms with van der Waals surface area (Å²) in [6.45, 7) is 3.05. The Labute approximate surface area is 116 Å². The quantitative estimate of drug-likeness (QED) is 0.858. The molecule has 0 unspecified atom stereocenters. The minimum absolute atomic E-state index is 0.0780. The van der Waals surface area contributed by atoms with Crippen LogP contribution in [0.3, 0.4) is 0 Å². The third-order valence-electron chi connectivity index (χ3n) is 4.02. The molecule has 1 saturated carbocycles. The Morgan fingerprint density at radius 1 is 1.26 bits per heavy atom. The van der Waals surface area contributed by atoms with E-state index in [0.717, 1.165) is 44.4 Å². The third kappa shape index (κ3) is 3.95. The molecule has 1 aromatic rings. The summed E-state index contributed by atoms with van der Waals surface area (Å²) in [5, 5.41) is 13.1. The first-order chi connectivity index (χ1) is 9.22. The average molecular weight is 263 g/mol. The molecule has 0 saturated heterocycles. The summed E-state index contributed by atoms with van der Waals surface area (Å²) in [5.74, 6) is 0.979. The Kier molecular flexibility index (Phi) is 5.23. The van der Waals surface area contributed by atoms with Crippen molar-refractivity contribution in [3.05, 3.63) is 29.3 Å². The Balaban J connectivity index is 1.89. The summed E-state index contributed by atoms with van der Waals surface area (Å²) < 4.78 is 5.35. The zero-order chi connectivity index (χ0) is 13.7. The molecule has 2 N–H and O–H groups in total. The maximum absolute atomic E-state index is 9.50. The highest BCUT2D eigenvalue weighted by Crippen LogP contribution is 2.22. The zero-order valence-electron chi connectivity index (χ0n) is 12.0. The van der Waals surface area contributed by atoms with Gasteiger partial charge in [0.2, 0.25) is 0 Å². The van der Waals surface area contributed by atoms with Crippen molar-refractivity contribution in [2.24, 2.45) is 0 Å². The number of aliphatic hydroxyl groups is 1. The maximum atomic E-state index is 9.50. The molecule has 106 valence electrons. The summed E-state index contributed by atoms with van der Waals surface area (Å²) in [6, 6.07) is 6.96. The van der Waals surface area contributed by atoms with Crippen LogP contribution in [0.2, 0.25) is 0 Å². The van der Waals surface area contributed by atoms with Crippen molar-refractivity contribution in [2.75, 3.05) is 7.11 Å². The van der Waals surface area contributed by atoms with E-state index in [1.54, 1.807) is 7.11 Å². The van der Waals surface area contributed by atoms with Gasteiger partial charge in [-0.2, -0.15) is 0 Å². The van der Waals surface area contributed by atoms with Crippen LogP contribution in [-0.2, 0) is 13.0 Å². The van der Waals surface area contributed by atoms with Crippen molar-refractivity contribution in [3.8, 4) is 5.75 Å². The van der Waals surface area contributed by atoms with Crippen LogP contribution in [0.15, 0.2) is 18.2 Å². The van der Waals surface area contributed by atoms with E-state index in [1.807, 2.05) is 0 Å². The highest BCUT2D eigenvalue weighted by molar-refractivity contribution is 5.37. The molecule has 1 aromatic carbocycles. The summed E-state index contributed by atoms with van der Waals surface area (Å²) in [6.07, 6.45) is 4.94. The molecule has 1 fully saturated rings. The average Bonchev–Trinajstić information content (AvgIpc) is 2.46. The van der Waals surface area contributed by atoms with Crippen molar-refractivity contribution in [2.45, 2.75) is 57.7 Å². The van der Waals surface area contributed by atoms with E-state index in [-0.39, 0.29) is 6.10 Å². The molecule has 0 spiro atoms. The van der Waals surface area contributed by atoms with E-state index in [0.29, 0.717) is 6.04 Å². The Bertz CT molecular complexity index is 398. The summed E-state index contributed by atoms with van der Waals surface area (Å²) in [4.78, 5) is 0. The summed E-state index contributed by atoms with van der Waals surface area (Å²) in [5.41, 5.74) is 2.57. The normalized spacial score (nSPS) is 23.3. The molecule has 0 bridgehead atoms. The minimum Gasteiger partial charge on any atom is -0.496 e. The standard InChI is InChI=1S/C16H25NO2/c1-3-13-10-12(4-9-16(13)19-2)11-17-14-5-7-15(18)8-6-14/h4,9-10,14-15,17-18H,3,5-8,11H2,1-2H3. The Morgan fingerprint density at radius 3 is 2.63 bits per heavy atom. The first-order valence-electron chi connectivity index (χ1n) is 7.30. The number of nitrogens with one attached hydrogen (secondary N) is 1. The first-order valence-corrected chi connectivity index (χ1v) is 7.30. The number of rotatable bonds is 5. The highest BCUT2D eigenvalue weighted by atomic mass is 16.5. The lowest BCUT2D eigenvalue weighted by Crippen LogP contribution is -2.34. The van der Waals surface area contributed by atoms with E-state index in [4.69, 9.17) is 4.74 Å². The Hall–Kier alpha value is -1.06. The van der Waals surface area contributed by atoms with Crippen LogP contribution in [-0.4, -0.2) is 24.4 Å². The van der Waals surface area contributed by atoms with Crippen molar-refractivity contribution in [1.29, 1.82) is 0 Å². The number of hydrogen-bond donors (Lipinski definition) is 2. The van der Waals surface area contributed by atoms with Crippen LogP contribution >= 0.6 is 0 Å². The number of ether oxygens (including phenoxy) is 1. The fourth-order valence-corrected chi connectivity index (χ4v) is 2.76. The first kappa shape index (κ1) is 14.4. The summed E-state index contributed by atoms with van der Waals surface area (Å²) >= 11 is 0. The van der Waals surface area contributed by atoms with Gasteiger partial charge in [-0.1, -0.05) is 19.1 Å². The molecule has 0 aliphatic heterocycles. The molecule has 3 heteroatoms. The second-order valence-electron chi connectivity index (χ2n) is 5.39. The molecule has 0 heterocycles. The molecule has 0 radical (unpaired) electrons. The zero-order valence-corrected chi connectivity index (χ0v) is 12.0. The largest absolute Gasteiger partial charge is 0.496 e. The van der Waals surface area contributed by atoms with Crippen LogP contribution < -0.4 is 10.1 Å². The molecular formula is C16H25NO2. The van der Waals surface area contributed by atoms with Gasteiger partial charge in [0.15, 0.2) is 0 Å². The SMILES string of the molecule is CCc1cc(CNC2CCC(O)CC2)ccc1OC. The fraction of sp³-hybridized carbons (Fsp3) is 0.625. The van der Waals surface area contributed by atoms with Gasteiger partial charge >= 0.3 is 0 Å². The number of hydrogen-bond acceptors (Lipinski definition) is 3. The number of methoxy groups -OCH3 is 1. The monoisotopic (exact) mass is 263 g/mol. The molecule has 3 nitrogen and oxygen atoms in total. The molecule has 19 heavy (non-hydrogen) atoms. The molecular weight excluding hydrogens is 238 g/mol. The van der Waals surface area contributed by atoms with Crippen LogP contribution in [0.5, 0.6) is 5.75 Å². The van der Waals surface area contributed by atoms with Gasteiger partial charge in [0.1, 0.15) is 5.75 Å². The van der Waals surface area contributed by atoms with Crippen LogP contribution in [0.1, 0.15) is 43.7 Å². The van der Waals surface area contributed by atoms with Crippen molar-refractivity contribution < 1.29 is 9.84 Å². The van der Waals surface area contributed by atoms with E-state index in [9.17, 15) is 5.11 Å². The minimum atomic E-state index is -0.0780. The van der Waals surface area contributed by atoms with Gasteiger partial charge in [-0.25, -0.2) is 0 Å². The van der Waals surface area contributed by atoms with Gasteiger partial charge in [0.25, 0.3) is 0 Å². The molecule has 1 aliphatic rings. The molecule has 2 rings (SSSR count).